The van der Waals surface area contributed by atoms with Gasteiger partial charge >= 0.3 is 0 Å². The van der Waals surface area contributed by atoms with Gasteiger partial charge in [-0.3, -0.25) is 0 Å². The van der Waals surface area contributed by atoms with Gasteiger partial charge in [0, 0.05) is 19.2 Å². The van der Waals surface area contributed by atoms with E-state index in [1.165, 1.54) is 16.8 Å². The van der Waals surface area contributed by atoms with Crippen molar-refractivity contribution in [3.05, 3.63) is 47.2 Å². The summed E-state index contributed by atoms with van der Waals surface area (Å²) in [5, 5.41) is 0. The van der Waals surface area contributed by atoms with E-state index in [4.69, 9.17) is 12.2 Å². The topological polar surface area (TPSA) is 3.24 Å². The van der Waals surface area contributed by atoms with Gasteiger partial charge in [-0.05, 0) is 17.5 Å². The number of rotatable bonds is 1. The minimum Gasteiger partial charge on any atom is -0.339 e. The highest BCUT2D eigenvalue weighted by atomic mass is 32.1. The van der Waals surface area contributed by atoms with E-state index in [0.29, 0.717) is 5.82 Å². The molecule has 1 fully saturated rings. The fraction of sp³-hybridized carbons (Fsp3) is 0.308. The Morgan fingerprint density at radius 3 is 2.75 bits per heavy atom. The summed E-state index contributed by atoms with van der Waals surface area (Å²) in [5.41, 5.74) is 3.96. The summed E-state index contributed by atoms with van der Waals surface area (Å²) >= 11 is 5.35. The largest absolute Gasteiger partial charge is 0.339 e. The van der Waals surface area contributed by atoms with Crippen LogP contribution in [0.25, 0.3) is 0 Å². The Labute approximate surface area is 104 Å². The van der Waals surface area contributed by atoms with E-state index in [2.05, 4.69) is 50.1 Å². The average Bonchev–Trinajstić information content (AvgIpc) is 2.43. The summed E-state index contributed by atoms with van der Waals surface area (Å²) in [4.78, 5) is 3.12. The average molecular weight is 229 g/mol. The van der Waals surface area contributed by atoms with Crippen LogP contribution in [-0.2, 0) is 0 Å². The van der Waals surface area contributed by atoms with Crippen LogP contribution in [0.5, 0.6) is 0 Å². The zero-order valence-corrected chi connectivity index (χ0v) is 10.8. The van der Waals surface area contributed by atoms with Gasteiger partial charge in [-0.15, -0.1) is 0 Å². The molecule has 1 aliphatic heterocycles. The van der Waals surface area contributed by atoms with Gasteiger partial charge in [0.1, 0.15) is 7.85 Å². The van der Waals surface area contributed by atoms with Gasteiger partial charge in [0.15, 0.2) is 0 Å². The molecule has 0 spiro atoms. The van der Waals surface area contributed by atoms with Crippen molar-refractivity contribution in [1.82, 2.24) is 4.90 Å². The summed E-state index contributed by atoms with van der Waals surface area (Å²) in [5.74, 6) is 0.552. The minimum absolute atomic E-state index is 0.552. The van der Waals surface area contributed by atoms with Gasteiger partial charge in [-0.2, -0.15) is 0 Å². The highest BCUT2D eigenvalue weighted by molar-refractivity contribution is 7.80. The lowest BCUT2D eigenvalue weighted by molar-refractivity contribution is 0.676. The van der Waals surface area contributed by atoms with Crippen molar-refractivity contribution < 1.29 is 0 Å². The first-order chi connectivity index (χ1) is 7.59. The van der Waals surface area contributed by atoms with Crippen molar-refractivity contribution in [3.63, 3.8) is 0 Å². The number of nitrogens with zero attached hydrogens (tertiary/aromatic N) is 1. The Kier molecular flexibility index (Phi) is 3.15. The number of likely N-dealkylation sites (tertiary alicyclic amines) is 1. The molecule has 0 radical (unpaired) electrons. The quantitative estimate of drug-likeness (QED) is 0.501. The van der Waals surface area contributed by atoms with Crippen LogP contribution in [0.3, 0.4) is 0 Å². The van der Waals surface area contributed by atoms with E-state index in [0.717, 1.165) is 11.4 Å². The molecule has 1 aliphatic carbocycles. The van der Waals surface area contributed by atoms with Crippen molar-refractivity contribution in [2.75, 3.05) is 7.05 Å². The second-order valence-electron chi connectivity index (χ2n) is 4.56. The number of likely N-dealkylation sites (N-methyl/N-ethyl adjacent to an activating group) is 1. The van der Waals surface area contributed by atoms with Crippen LogP contribution in [-0.4, -0.2) is 24.8 Å². The van der Waals surface area contributed by atoms with E-state index in [9.17, 15) is 0 Å². The van der Waals surface area contributed by atoms with E-state index >= 15 is 0 Å². The van der Waals surface area contributed by atoms with Gasteiger partial charge in [-0.25, -0.2) is 0 Å². The van der Waals surface area contributed by atoms with E-state index < -0.39 is 0 Å². The van der Waals surface area contributed by atoms with E-state index in [-0.39, 0.29) is 0 Å². The molecule has 2 rings (SSSR count). The fourth-order valence-electron chi connectivity index (χ4n) is 1.99. The Bertz CT molecular complexity index is 441. The molecule has 0 bridgehead atoms. The molecule has 1 saturated heterocycles. The lowest BCUT2D eigenvalue weighted by Gasteiger charge is -2.14. The van der Waals surface area contributed by atoms with Crippen LogP contribution in [0.1, 0.15) is 13.3 Å². The lowest BCUT2D eigenvalue weighted by Crippen LogP contribution is -2.15. The molecule has 1 heterocycles. The second-order valence-corrected chi connectivity index (χ2v) is 5.03. The Hall–Kier alpha value is -1.09. The Morgan fingerprint density at radius 1 is 1.38 bits per heavy atom. The van der Waals surface area contributed by atoms with Gasteiger partial charge < -0.3 is 4.90 Å². The molecule has 82 valence electrons. The van der Waals surface area contributed by atoms with Crippen molar-refractivity contribution in [3.8, 4) is 0 Å². The Balaban J connectivity index is 2.43. The monoisotopic (exact) mass is 229 g/mol. The molecule has 3 heteroatoms. The van der Waals surface area contributed by atoms with Crippen LogP contribution in [0.15, 0.2) is 47.2 Å². The van der Waals surface area contributed by atoms with Crippen LogP contribution in [0, 0.1) is 0 Å². The standard InChI is InChI=1S/C13H16BNS/c1-9(14)10-5-3-4-6-12-11(7-10)8-13(16)15(12)2/h3-7,9H,8,14H2,1-2H3/b4-3-,5-3?,6-4?,10-5-,10-7?,11-7+,12-6+. The maximum absolute atomic E-state index is 5.35. The summed E-state index contributed by atoms with van der Waals surface area (Å²) < 4.78 is 0. The number of fused-ring (bicyclic) bond motifs is 1. The van der Waals surface area contributed by atoms with Crippen LogP contribution in [0.2, 0.25) is 5.82 Å². The predicted octanol–water partition coefficient (Wildman–Crippen LogP) is 2.40. The molecule has 0 amide bonds. The first kappa shape index (κ1) is 11.4. The zero-order valence-electron chi connectivity index (χ0n) is 10.0. The van der Waals surface area contributed by atoms with Gasteiger partial charge in [0.05, 0.1) is 4.99 Å². The molecule has 2 aliphatic rings. The maximum Gasteiger partial charge on any atom is 0.110 e. The van der Waals surface area contributed by atoms with Crippen molar-refractivity contribution in [1.29, 1.82) is 0 Å². The molecule has 0 saturated carbocycles. The number of hydrogen-bond acceptors (Lipinski definition) is 1. The normalized spacial score (nSPS) is 33.5. The molecule has 0 aromatic heterocycles. The maximum atomic E-state index is 5.35. The molecule has 0 N–H and O–H groups in total. The fourth-order valence-corrected chi connectivity index (χ4v) is 2.24. The molecule has 1 nitrogen and oxygen atoms in total. The Morgan fingerprint density at radius 2 is 2.06 bits per heavy atom. The number of hydrogen-bond donors (Lipinski definition) is 0. The summed E-state index contributed by atoms with van der Waals surface area (Å²) in [7, 11) is 4.27. The molecule has 0 aromatic rings. The third kappa shape index (κ3) is 2.05. The molecular weight excluding hydrogens is 213 g/mol. The second kappa shape index (κ2) is 4.42. The van der Waals surface area contributed by atoms with Crippen molar-refractivity contribution in [2.45, 2.75) is 19.2 Å². The molecule has 1 unspecified atom stereocenters. The lowest BCUT2D eigenvalue weighted by atomic mass is 9.81. The smallest absolute Gasteiger partial charge is 0.110 e. The SMILES string of the molecule is BC(C)C1=C\C=C/C=C2\C(=C\1)CC(=S)N2C. The number of allylic oxidation sites excluding steroid dienone is 7. The van der Waals surface area contributed by atoms with Crippen LogP contribution < -0.4 is 0 Å². The summed E-state index contributed by atoms with van der Waals surface area (Å²) in [6.45, 7) is 2.22. The van der Waals surface area contributed by atoms with Crippen molar-refractivity contribution in [2.24, 2.45) is 0 Å². The molecule has 0 aromatic carbocycles. The molecular formula is C13H16BNS. The zero-order chi connectivity index (χ0) is 11.7. The third-order valence-electron chi connectivity index (χ3n) is 3.07. The summed E-state index contributed by atoms with van der Waals surface area (Å²) in [6, 6.07) is 0. The molecule has 16 heavy (non-hydrogen) atoms. The van der Waals surface area contributed by atoms with Crippen LogP contribution >= 0.6 is 12.2 Å². The van der Waals surface area contributed by atoms with Gasteiger partial charge in [0.25, 0.3) is 0 Å². The third-order valence-corrected chi connectivity index (χ3v) is 3.49. The van der Waals surface area contributed by atoms with Gasteiger partial charge in [-0.1, -0.05) is 49.0 Å². The summed E-state index contributed by atoms with van der Waals surface area (Å²) in [6.07, 6.45) is 11.7. The molecule has 1 atom stereocenters. The highest BCUT2D eigenvalue weighted by Gasteiger charge is 2.24. The first-order valence-electron chi connectivity index (χ1n) is 5.65. The highest BCUT2D eigenvalue weighted by Crippen LogP contribution is 2.31. The van der Waals surface area contributed by atoms with Gasteiger partial charge in [0.2, 0.25) is 0 Å². The predicted molar refractivity (Wildman–Crippen MR) is 76.3 cm³/mol. The van der Waals surface area contributed by atoms with Crippen LogP contribution in [0.4, 0.5) is 0 Å². The van der Waals surface area contributed by atoms with Crippen molar-refractivity contribution >= 4 is 25.1 Å². The first-order valence-corrected chi connectivity index (χ1v) is 6.06. The number of thiocarbonyl (C=S) groups is 1. The minimum atomic E-state index is 0.552. The van der Waals surface area contributed by atoms with E-state index in [1.54, 1.807) is 0 Å². The van der Waals surface area contributed by atoms with E-state index in [1.807, 2.05) is 7.05 Å².